The molecule has 1 aliphatic rings. The summed E-state index contributed by atoms with van der Waals surface area (Å²) in [6, 6.07) is 51.7. The van der Waals surface area contributed by atoms with Crippen molar-refractivity contribution in [3.8, 4) is 51.0 Å². The van der Waals surface area contributed by atoms with Gasteiger partial charge in [0.1, 0.15) is 0 Å². The Bertz CT molecular complexity index is 2570. The van der Waals surface area contributed by atoms with Crippen LogP contribution in [0.5, 0.6) is 0 Å². The fraction of sp³-hybridized carbons (Fsp3) is 0.188. The standard InChI is InChI=1S/C48H42N4/c1-46(2)39-29-36(31-18-10-7-11-19-31)37(30-40(39)47(3,4)48(46,5)6)34-26-27-42-38(28-34)35-24-16-17-25-41(35)52(42)45-50-43(32-20-12-8-13-21-32)49-44(51-45)33-22-14-9-15-23-33/h7-30H,1-6H3. The maximum absolute atomic E-state index is 5.13. The second-order valence-corrected chi connectivity index (χ2v) is 15.8. The zero-order valence-corrected chi connectivity index (χ0v) is 30.6. The lowest BCUT2D eigenvalue weighted by atomic mass is 9.59. The second-order valence-electron chi connectivity index (χ2n) is 15.8. The van der Waals surface area contributed by atoms with E-state index in [0.717, 1.165) is 32.9 Å². The molecular formula is C48H42N4. The molecule has 2 heterocycles. The zero-order chi connectivity index (χ0) is 35.8. The van der Waals surface area contributed by atoms with Crippen LogP contribution >= 0.6 is 0 Å². The Kier molecular flexibility index (Phi) is 7.14. The third kappa shape index (κ3) is 4.70. The molecule has 0 amide bonds. The normalized spacial score (nSPS) is 15.6. The quantitative estimate of drug-likeness (QED) is 0.182. The first-order chi connectivity index (χ1) is 25.1. The molecule has 2 aromatic heterocycles. The molecule has 0 fully saturated rings. The molecule has 4 nitrogen and oxygen atoms in total. The van der Waals surface area contributed by atoms with E-state index in [9.17, 15) is 0 Å². The molecule has 0 unspecified atom stereocenters. The highest BCUT2D eigenvalue weighted by atomic mass is 15.2. The first-order valence-corrected chi connectivity index (χ1v) is 18.2. The third-order valence-electron chi connectivity index (χ3n) is 12.6. The van der Waals surface area contributed by atoms with E-state index >= 15 is 0 Å². The van der Waals surface area contributed by atoms with Crippen LogP contribution in [0.3, 0.4) is 0 Å². The number of hydrogen-bond acceptors (Lipinski definition) is 3. The molecule has 52 heavy (non-hydrogen) atoms. The Labute approximate surface area is 305 Å². The van der Waals surface area contributed by atoms with E-state index in [1.54, 1.807) is 0 Å². The van der Waals surface area contributed by atoms with Gasteiger partial charge in [-0.25, -0.2) is 4.98 Å². The second kappa shape index (κ2) is 11.6. The SMILES string of the molecule is CC1(C)c2cc(-c3ccccc3)c(-c3ccc4c(c3)c3ccccc3n4-c3nc(-c4ccccc4)nc(-c4ccccc4)n3)cc2C(C)(C)C1(C)C. The van der Waals surface area contributed by atoms with E-state index in [1.165, 1.54) is 33.4 Å². The monoisotopic (exact) mass is 674 g/mol. The van der Waals surface area contributed by atoms with Crippen LogP contribution in [0, 0.1) is 5.41 Å². The summed E-state index contributed by atoms with van der Waals surface area (Å²) < 4.78 is 2.20. The van der Waals surface area contributed by atoms with Crippen molar-refractivity contribution < 1.29 is 0 Å². The summed E-state index contributed by atoms with van der Waals surface area (Å²) in [7, 11) is 0. The molecule has 254 valence electrons. The van der Waals surface area contributed by atoms with Crippen LogP contribution in [0.1, 0.15) is 52.7 Å². The lowest BCUT2D eigenvalue weighted by Crippen LogP contribution is -2.42. The minimum Gasteiger partial charge on any atom is -0.278 e. The highest BCUT2D eigenvalue weighted by Crippen LogP contribution is 2.62. The predicted molar refractivity (Wildman–Crippen MR) is 216 cm³/mol. The Hall–Kier alpha value is -5.87. The van der Waals surface area contributed by atoms with Crippen LogP contribution < -0.4 is 0 Å². The number of aromatic nitrogens is 4. The van der Waals surface area contributed by atoms with Gasteiger partial charge in [0.15, 0.2) is 11.6 Å². The van der Waals surface area contributed by atoms with Crippen LogP contribution in [-0.4, -0.2) is 19.5 Å². The molecule has 0 aliphatic heterocycles. The van der Waals surface area contributed by atoms with E-state index < -0.39 is 0 Å². The number of fused-ring (bicyclic) bond motifs is 4. The summed E-state index contributed by atoms with van der Waals surface area (Å²) in [6.45, 7) is 14.6. The first-order valence-electron chi connectivity index (χ1n) is 18.2. The number of nitrogens with zero attached hydrogens (tertiary/aromatic N) is 4. The van der Waals surface area contributed by atoms with Gasteiger partial charge < -0.3 is 0 Å². The summed E-state index contributed by atoms with van der Waals surface area (Å²) in [6.07, 6.45) is 0. The molecule has 0 saturated carbocycles. The van der Waals surface area contributed by atoms with Crippen LogP contribution in [0.15, 0.2) is 146 Å². The summed E-state index contributed by atoms with van der Waals surface area (Å²) in [5, 5.41) is 2.32. The minimum absolute atomic E-state index is 0.00696. The summed E-state index contributed by atoms with van der Waals surface area (Å²) >= 11 is 0. The van der Waals surface area contributed by atoms with E-state index in [1.807, 2.05) is 36.4 Å². The molecule has 4 heteroatoms. The van der Waals surface area contributed by atoms with Gasteiger partial charge in [-0.1, -0.05) is 157 Å². The maximum atomic E-state index is 5.13. The third-order valence-corrected chi connectivity index (χ3v) is 12.6. The molecule has 8 aromatic rings. The Morgan fingerprint density at radius 3 is 1.42 bits per heavy atom. The topological polar surface area (TPSA) is 43.6 Å². The molecule has 0 spiro atoms. The van der Waals surface area contributed by atoms with Crippen molar-refractivity contribution in [1.29, 1.82) is 0 Å². The van der Waals surface area contributed by atoms with Crippen LogP contribution in [0.2, 0.25) is 0 Å². The number of benzene rings is 6. The highest BCUT2D eigenvalue weighted by Gasteiger charge is 2.57. The highest BCUT2D eigenvalue weighted by molar-refractivity contribution is 6.10. The molecule has 1 aliphatic carbocycles. The van der Waals surface area contributed by atoms with Crippen molar-refractivity contribution in [2.24, 2.45) is 5.41 Å². The molecule has 0 saturated heterocycles. The van der Waals surface area contributed by atoms with Crippen LogP contribution in [0.4, 0.5) is 0 Å². The average molecular weight is 675 g/mol. The fourth-order valence-corrected chi connectivity index (χ4v) is 8.44. The van der Waals surface area contributed by atoms with Gasteiger partial charge in [-0.3, -0.25) is 4.57 Å². The fourth-order valence-electron chi connectivity index (χ4n) is 8.44. The Morgan fingerprint density at radius 1 is 0.404 bits per heavy atom. The van der Waals surface area contributed by atoms with Gasteiger partial charge in [0, 0.05) is 21.9 Å². The average Bonchev–Trinajstić information content (AvgIpc) is 3.56. The lowest BCUT2D eigenvalue weighted by Gasteiger charge is -2.44. The molecule has 6 aromatic carbocycles. The van der Waals surface area contributed by atoms with E-state index in [2.05, 4.69) is 155 Å². The summed E-state index contributed by atoms with van der Waals surface area (Å²) in [4.78, 5) is 15.2. The van der Waals surface area contributed by atoms with E-state index in [-0.39, 0.29) is 16.2 Å². The molecule has 9 rings (SSSR count). The first kappa shape index (κ1) is 32.1. The van der Waals surface area contributed by atoms with Gasteiger partial charge >= 0.3 is 0 Å². The van der Waals surface area contributed by atoms with Crippen LogP contribution in [0.25, 0.3) is 72.8 Å². The minimum atomic E-state index is -0.0124. The van der Waals surface area contributed by atoms with Crippen molar-refractivity contribution in [2.75, 3.05) is 0 Å². The van der Waals surface area contributed by atoms with Gasteiger partial charge in [-0.15, -0.1) is 0 Å². The lowest BCUT2D eigenvalue weighted by molar-refractivity contribution is 0.125. The Morgan fingerprint density at radius 2 is 0.865 bits per heavy atom. The van der Waals surface area contributed by atoms with Gasteiger partial charge in [0.05, 0.1) is 11.0 Å². The number of rotatable bonds is 5. The van der Waals surface area contributed by atoms with Gasteiger partial charge in [-0.05, 0) is 80.0 Å². The molecule has 0 bridgehead atoms. The summed E-state index contributed by atoms with van der Waals surface area (Å²) in [5.41, 5.74) is 11.9. The zero-order valence-electron chi connectivity index (χ0n) is 30.6. The van der Waals surface area contributed by atoms with Crippen molar-refractivity contribution in [2.45, 2.75) is 52.4 Å². The predicted octanol–water partition coefficient (Wildman–Crippen LogP) is 12.2. The van der Waals surface area contributed by atoms with E-state index in [4.69, 9.17) is 15.0 Å². The van der Waals surface area contributed by atoms with Crippen molar-refractivity contribution in [1.82, 2.24) is 19.5 Å². The molecule has 0 atom stereocenters. The smallest absolute Gasteiger partial charge is 0.238 e. The van der Waals surface area contributed by atoms with Gasteiger partial charge in [0.2, 0.25) is 5.95 Å². The largest absolute Gasteiger partial charge is 0.278 e. The Balaban J connectivity index is 1.30. The number of hydrogen-bond donors (Lipinski definition) is 0. The van der Waals surface area contributed by atoms with Crippen molar-refractivity contribution >= 4 is 21.8 Å². The van der Waals surface area contributed by atoms with Crippen molar-refractivity contribution in [3.05, 3.63) is 157 Å². The van der Waals surface area contributed by atoms with E-state index in [0.29, 0.717) is 17.6 Å². The molecular weight excluding hydrogens is 633 g/mol. The van der Waals surface area contributed by atoms with Gasteiger partial charge in [-0.2, -0.15) is 9.97 Å². The van der Waals surface area contributed by atoms with Crippen LogP contribution in [-0.2, 0) is 10.8 Å². The molecule has 0 N–H and O–H groups in total. The maximum Gasteiger partial charge on any atom is 0.238 e. The number of para-hydroxylation sites is 1. The summed E-state index contributed by atoms with van der Waals surface area (Å²) in [5.74, 6) is 1.89. The van der Waals surface area contributed by atoms with Crippen molar-refractivity contribution in [3.63, 3.8) is 0 Å². The van der Waals surface area contributed by atoms with Gasteiger partial charge in [0.25, 0.3) is 0 Å². The molecule has 0 radical (unpaired) electrons.